The Morgan fingerprint density at radius 3 is 2.71 bits per heavy atom. The lowest BCUT2D eigenvalue weighted by molar-refractivity contribution is -0.126. The van der Waals surface area contributed by atoms with Gasteiger partial charge >= 0.3 is 0 Å². The van der Waals surface area contributed by atoms with E-state index < -0.39 is 5.54 Å². The maximum atomic E-state index is 13.0. The number of carbonyl (C=O) groups is 1. The first kappa shape index (κ1) is 16.2. The summed E-state index contributed by atoms with van der Waals surface area (Å²) in [6, 6.07) is 4.02. The van der Waals surface area contributed by atoms with Crippen LogP contribution in [0.3, 0.4) is 0 Å². The molecule has 6 heteroatoms. The van der Waals surface area contributed by atoms with Crippen molar-refractivity contribution in [2.45, 2.75) is 37.6 Å². The molecule has 21 heavy (non-hydrogen) atoms. The molecule has 0 atom stereocenters. The van der Waals surface area contributed by atoms with Gasteiger partial charge < -0.3 is 15.2 Å². The fourth-order valence-electron chi connectivity index (χ4n) is 2.62. The van der Waals surface area contributed by atoms with Crippen LogP contribution in [0, 0.1) is 5.82 Å². The molecular formula is C15H19BrFNO3. The standard InChI is InChI=1S/C15H19BrFNO3/c16-12-8-11(17)4-5-13(12)21-9-14(20)18-15(10-19)6-2-1-3-7-15/h4-5,8,19H,1-3,6-7,9-10H2,(H,18,20). The number of hydrogen-bond acceptors (Lipinski definition) is 3. The zero-order chi connectivity index (χ0) is 15.3. The van der Waals surface area contributed by atoms with Crippen molar-refractivity contribution in [1.29, 1.82) is 0 Å². The van der Waals surface area contributed by atoms with E-state index in [1.54, 1.807) is 0 Å². The summed E-state index contributed by atoms with van der Waals surface area (Å²) in [6.07, 6.45) is 4.72. The predicted molar refractivity (Wildman–Crippen MR) is 80.6 cm³/mol. The highest BCUT2D eigenvalue weighted by molar-refractivity contribution is 9.10. The van der Waals surface area contributed by atoms with Crippen LogP contribution in [0.1, 0.15) is 32.1 Å². The molecule has 0 radical (unpaired) electrons. The molecule has 0 unspecified atom stereocenters. The molecule has 0 saturated heterocycles. The molecule has 0 heterocycles. The number of ether oxygens (including phenoxy) is 1. The molecule has 1 aliphatic rings. The lowest BCUT2D eigenvalue weighted by Gasteiger charge is -2.36. The van der Waals surface area contributed by atoms with Crippen molar-refractivity contribution >= 4 is 21.8 Å². The van der Waals surface area contributed by atoms with Crippen molar-refractivity contribution < 1.29 is 19.0 Å². The minimum atomic E-state index is -0.515. The molecule has 1 aromatic carbocycles. The minimum Gasteiger partial charge on any atom is -0.483 e. The van der Waals surface area contributed by atoms with Gasteiger partial charge in [0.15, 0.2) is 6.61 Å². The molecular weight excluding hydrogens is 341 g/mol. The van der Waals surface area contributed by atoms with Crippen LogP contribution in [-0.4, -0.2) is 29.8 Å². The van der Waals surface area contributed by atoms with Crippen LogP contribution in [-0.2, 0) is 4.79 Å². The summed E-state index contributed by atoms with van der Waals surface area (Å²) < 4.78 is 18.8. The van der Waals surface area contributed by atoms with Crippen LogP contribution < -0.4 is 10.1 Å². The fraction of sp³-hybridized carbons (Fsp3) is 0.533. The zero-order valence-electron chi connectivity index (χ0n) is 11.7. The largest absolute Gasteiger partial charge is 0.483 e. The summed E-state index contributed by atoms with van der Waals surface area (Å²) in [5.74, 6) is -0.240. The first-order chi connectivity index (χ1) is 10.0. The van der Waals surface area contributed by atoms with Crippen molar-refractivity contribution in [3.63, 3.8) is 0 Å². The Bertz CT molecular complexity index is 504. The molecule has 0 aliphatic heterocycles. The van der Waals surface area contributed by atoms with Gasteiger partial charge in [0.05, 0.1) is 16.6 Å². The highest BCUT2D eigenvalue weighted by Crippen LogP contribution is 2.28. The average molecular weight is 360 g/mol. The number of aliphatic hydroxyl groups excluding tert-OH is 1. The third kappa shape index (κ3) is 4.41. The molecule has 2 N–H and O–H groups in total. The summed E-state index contributed by atoms with van der Waals surface area (Å²) in [4.78, 5) is 12.0. The molecule has 0 bridgehead atoms. The van der Waals surface area contributed by atoms with Crippen LogP contribution in [0.5, 0.6) is 5.75 Å². The fourth-order valence-corrected chi connectivity index (χ4v) is 3.08. The molecule has 1 aromatic rings. The number of benzene rings is 1. The molecule has 1 aliphatic carbocycles. The van der Waals surface area contributed by atoms with Gasteiger partial charge in [-0.25, -0.2) is 4.39 Å². The first-order valence-corrected chi connectivity index (χ1v) is 7.84. The van der Waals surface area contributed by atoms with Crippen LogP contribution >= 0.6 is 15.9 Å². The van der Waals surface area contributed by atoms with Gasteiger partial charge in [0.1, 0.15) is 11.6 Å². The molecule has 1 amide bonds. The van der Waals surface area contributed by atoms with E-state index in [0.29, 0.717) is 10.2 Å². The normalized spacial score (nSPS) is 17.3. The first-order valence-electron chi connectivity index (χ1n) is 7.04. The van der Waals surface area contributed by atoms with Gasteiger partial charge in [-0.3, -0.25) is 4.79 Å². The molecule has 1 saturated carbocycles. The van der Waals surface area contributed by atoms with Gasteiger partial charge in [0.25, 0.3) is 5.91 Å². The quantitative estimate of drug-likeness (QED) is 0.849. The van der Waals surface area contributed by atoms with Crippen LogP contribution in [0.25, 0.3) is 0 Å². The average Bonchev–Trinajstić information content (AvgIpc) is 2.47. The molecule has 116 valence electrons. The number of hydrogen-bond donors (Lipinski definition) is 2. The minimum absolute atomic E-state index is 0.0566. The maximum absolute atomic E-state index is 13.0. The summed E-state index contributed by atoms with van der Waals surface area (Å²) >= 11 is 3.18. The van der Waals surface area contributed by atoms with Crippen molar-refractivity contribution in [2.24, 2.45) is 0 Å². The Labute approximate surface area is 131 Å². The van der Waals surface area contributed by atoms with Crippen molar-refractivity contribution in [3.8, 4) is 5.75 Å². The van der Waals surface area contributed by atoms with Crippen molar-refractivity contribution in [1.82, 2.24) is 5.32 Å². The highest BCUT2D eigenvalue weighted by Gasteiger charge is 2.32. The number of rotatable bonds is 5. The summed E-state index contributed by atoms with van der Waals surface area (Å²) in [5, 5.41) is 12.4. The second kappa shape index (κ2) is 7.22. The smallest absolute Gasteiger partial charge is 0.258 e. The monoisotopic (exact) mass is 359 g/mol. The highest BCUT2D eigenvalue weighted by atomic mass is 79.9. The SMILES string of the molecule is O=C(COc1ccc(F)cc1Br)NC1(CO)CCCCC1. The van der Waals surface area contributed by atoms with Crippen LogP contribution in [0.4, 0.5) is 4.39 Å². The lowest BCUT2D eigenvalue weighted by atomic mass is 9.82. The lowest BCUT2D eigenvalue weighted by Crippen LogP contribution is -2.53. The number of halogens is 2. The van der Waals surface area contributed by atoms with E-state index in [1.807, 2.05) is 0 Å². The van der Waals surface area contributed by atoms with E-state index >= 15 is 0 Å². The molecule has 0 aromatic heterocycles. The van der Waals surface area contributed by atoms with E-state index in [9.17, 15) is 14.3 Å². The maximum Gasteiger partial charge on any atom is 0.258 e. The van der Waals surface area contributed by atoms with Crippen LogP contribution in [0.15, 0.2) is 22.7 Å². The number of aliphatic hydroxyl groups is 1. The number of nitrogens with one attached hydrogen (secondary N) is 1. The Hall–Kier alpha value is -1.14. The Morgan fingerprint density at radius 1 is 1.38 bits per heavy atom. The predicted octanol–water partition coefficient (Wildman–Crippen LogP) is 2.78. The molecule has 0 spiro atoms. The number of carbonyl (C=O) groups excluding carboxylic acids is 1. The van der Waals surface area contributed by atoms with E-state index in [1.165, 1.54) is 18.2 Å². The Kier molecular flexibility index (Phi) is 5.58. The number of amides is 1. The van der Waals surface area contributed by atoms with Gasteiger partial charge in [0.2, 0.25) is 0 Å². The van der Waals surface area contributed by atoms with Crippen molar-refractivity contribution in [3.05, 3.63) is 28.5 Å². The van der Waals surface area contributed by atoms with Gasteiger partial charge in [-0.2, -0.15) is 0 Å². The molecule has 4 nitrogen and oxygen atoms in total. The third-order valence-corrected chi connectivity index (χ3v) is 4.39. The molecule has 1 fully saturated rings. The van der Waals surface area contributed by atoms with E-state index in [4.69, 9.17) is 4.74 Å². The zero-order valence-corrected chi connectivity index (χ0v) is 13.3. The summed E-state index contributed by atoms with van der Waals surface area (Å²) in [7, 11) is 0. The summed E-state index contributed by atoms with van der Waals surface area (Å²) in [6.45, 7) is -0.217. The van der Waals surface area contributed by atoms with Gasteiger partial charge in [-0.1, -0.05) is 19.3 Å². The Balaban J connectivity index is 1.89. The summed E-state index contributed by atoms with van der Waals surface area (Å²) in [5.41, 5.74) is -0.515. The van der Waals surface area contributed by atoms with Gasteiger partial charge in [-0.15, -0.1) is 0 Å². The van der Waals surface area contributed by atoms with Crippen molar-refractivity contribution in [2.75, 3.05) is 13.2 Å². The van der Waals surface area contributed by atoms with E-state index in [2.05, 4.69) is 21.2 Å². The van der Waals surface area contributed by atoms with Crippen LogP contribution in [0.2, 0.25) is 0 Å². The molecule has 2 rings (SSSR count). The Morgan fingerprint density at radius 2 is 2.10 bits per heavy atom. The topological polar surface area (TPSA) is 58.6 Å². The third-order valence-electron chi connectivity index (χ3n) is 3.77. The second-order valence-corrected chi connectivity index (χ2v) is 6.27. The van der Waals surface area contributed by atoms with E-state index in [0.717, 1.165) is 32.1 Å². The van der Waals surface area contributed by atoms with E-state index in [-0.39, 0.29) is 24.9 Å². The second-order valence-electron chi connectivity index (χ2n) is 5.41. The van der Waals surface area contributed by atoms with Gasteiger partial charge in [0, 0.05) is 0 Å². The van der Waals surface area contributed by atoms with Gasteiger partial charge in [-0.05, 0) is 47.0 Å².